The number of unbranched alkanes of at least 4 members (excludes halogenated alkanes) is 1. The fraction of sp³-hybridized carbons (Fsp3) is 0.316. The van der Waals surface area contributed by atoms with Crippen LogP contribution >= 0.6 is 11.6 Å². The summed E-state index contributed by atoms with van der Waals surface area (Å²) in [6.45, 7) is 1.27. The summed E-state index contributed by atoms with van der Waals surface area (Å²) in [7, 11) is 0. The van der Waals surface area contributed by atoms with Gasteiger partial charge >= 0.3 is 0 Å². The Balaban J connectivity index is 1.75. The van der Waals surface area contributed by atoms with Crippen LogP contribution in [0.1, 0.15) is 39.3 Å². The summed E-state index contributed by atoms with van der Waals surface area (Å²) in [6.07, 6.45) is 2.43. The van der Waals surface area contributed by atoms with E-state index in [0.29, 0.717) is 25.2 Å². The Morgan fingerprint density at radius 2 is 1.74 bits per heavy atom. The molecule has 0 unspecified atom stereocenters. The Kier molecular flexibility index (Phi) is 8.97. The number of guanidine groups is 1. The van der Waals surface area contributed by atoms with Crippen LogP contribution in [0.4, 0.5) is 11.6 Å². The normalized spacial score (nSPS) is 11.2. The van der Waals surface area contributed by atoms with Crippen molar-refractivity contribution in [3.63, 3.8) is 0 Å². The molecule has 0 atom stereocenters. The summed E-state index contributed by atoms with van der Waals surface area (Å²) < 4.78 is 0. The number of carbonyl (C=O) groups is 2. The molecular weight excluding hydrogens is 422 g/mol. The Morgan fingerprint density at radius 1 is 1.03 bits per heavy atom. The highest BCUT2D eigenvalue weighted by molar-refractivity contribution is 6.31. The monoisotopic (exact) mass is 447 g/mol. The number of nitrogens with zero attached hydrogens (tertiary/aromatic N) is 3. The molecule has 31 heavy (non-hydrogen) atoms. The van der Waals surface area contributed by atoms with Gasteiger partial charge in [-0.2, -0.15) is 0 Å². The maximum Gasteiger partial charge on any atom is 0.280 e. The van der Waals surface area contributed by atoms with Gasteiger partial charge in [0, 0.05) is 25.2 Å². The number of nitrogens with two attached hydrogens (primary N) is 4. The van der Waals surface area contributed by atoms with E-state index in [4.69, 9.17) is 34.5 Å². The topological polar surface area (TPSA) is 200 Å². The first-order valence-corrected chi connectivity index (χ1v) is 9.96. The number of aryl methyl sites for hydroxylation is 1. The zero-order chi connectivity index (χ0) is 22.8. The predicted octanol–water partition coefficient (Wildman–Crippen LogP) is 0.0503. The van der Waals surface area contributed by atoms with Crippen LogP contribution in [0.15, 0.2) is 29.3 Å². The molecule has 0 radical (unpaired) electrons. The van der Waals surface area contributed by atoms with Crippen molar-refractivity contribution in [2.75, 3.05) is 31.1 Å². The van der Waals surface area contributed by atoms with Crippen LogP contribution in [-0.4, -0.2) is 47.4 Å². The van der Waals surface area contributed by atoms with Crippen LogP contribution in [0.25, 0.3) is 0 Å². The van der Waals surface area contributed by atoms with Gasteiger partial charge in [0.1, 0.15) is 0 Å². The number of halogens is 1. The SMILES string of the molecule is NCCNC(=O)c1ccc(CCCCN=C(N)NC(=O)c2nc(Cl)c(N)nc2N)cc1. The molecule has 2 amide bonds. The average molecular weight is 448 g/mol. The second-order valence-corrected chi connectivity index (χ2v) is 6.91. The van der Waals surface area contributed by atoms with Gasteiger partial charge in [0.15, 0.2) is 28.4 Å². The lowest BCUT2D eigenvalue weighted by Gasteiger charge is -2.07. The summed E-state index contributed by atoms with van der Waals surface area (Å²) in [5.74, 6) is -1.11. The molecule has 1 heterocycles. The van der Waals surface area contributed by atoms with Crippen LogP contribution in [0, 0.1) is 0 Å². The number of nitrogens with one attached hydrogen (secondary N) is 2. The van der Waals surface area contributed by atoms with E-state index < -0.39 is 5.91 Å². The number of hydrogen-bond acceptors (Lipinski definition) is 8. The van der Waals surface area contributed by atoms with E-state index >= 15 is 0 Å². The lowest BCUT2D eigenvalue weighted by atomic mass is 10.1. The molecule has 2 aromatic rings. The van der Waals surface area contributed by atoms with Gasteiger partial charge in [0.05, 0.1) is 0 Å². The molecule has 1 aromatic carbocycles. The van der Waals surface area contributed by atoms with Crippen LogP contribution < -0.4 is 33.6 Å². The second-order valence-electron chi connectivity index (χ2n) is 6.55. The molecule has 0 bridgehead atoms. The molecule has 166 valence electrons. The first-order valence-electron chi connectivity index (χ1n) is 9.58. The van der Waals surface area contributed by atoms with Gasteiger partial charge in [-0.1, -0.05) is 23.7 Å². The molecule has 11 nitrogen and oxygen atoms in total. The molecule has 0 saturated carbocycles. The van der Waals surface area contributed by atoms with Crippen LogP contribution in [0.2, 0.25) is 5.15 Å². The van der Waals surface area contributed by atoms with Gasteiger partial charge in [-0.05, 0) is 37.0 Å². The largest absolute Gasteiger partial charge is 0.382 e. The quantitative estimate of drug-likeness (QED) is 0.176. The van der Waals surface area contributed by atoms with Crippen molar-refractivity contribution in [2.24, 2.45) is 16.5 Å². The van der Waals surface area contributed by atoms with Gasteiger partial charge in [-0.25, -0.2) is 9.97 Å². The standard InChI is InChI=1S/C19H26ClN9O2/c20-14-16(23)28-15(22)13(27-14)18(31)29-19(24)26-9-2-1-3-11-4-6-12(7-5-11)17(30)25-10-8-21/h4-7H,1-3,8-10,21H2,(H,25,30)(H4,22,23,28)(H3,24,26,29,31). The maximum absolute atomic E-state index is 12.2. The highest BCUT2D eigenvalue weighted by atomic mass is 35.5. The highest BCUT2D eigenvalue weighted by Gasteiger charge is 2.16. The molecule has 2 rings (SSSR count). The van der Waals surface area contributed by atoms with Crippen molar-refractivity contribution in [3.05, 3.63) is 46.2 Å². The first kappa shape index (κ1) is 23.8. The molecule has 1 aromatic heterocycles. The van der Waals surface area contributed by atoms with Gasteiger partial charge in [0.2, 0.25) is 0 Å². The fourth-order valence-corrected chi connectivity index (χ4v) is 2.70. The Bertz CT molecular complexity index is 948. The summed E-state index contributed by atoms with van der Waals surface area (Å²) in [4.78, 5) is 35.6. The van der Waals surface area contributed by atoms with E-state index in [1.165, 1.54) is 0 Å². The summed E-state index contributed by atoms with van der Waals surface area (Å²) in [6, 6.07) is 7.40. The minimum absolute atomic E-state index is 0.0630. The minimum Gasteiger partial charge on any atom is -0.382 e. The smallest absolute Gasteiger partial charge is 0.280 e. The number of aliphatic imine (C=N–C) groups is 1. The van der Waals surface area contributed by atoms with Gasteiger partial charge < -0.3 is 28.3 Å². The average Bonchev–Trinajstić information content (AvgIpc) is 2.74. The van der Waals surface area contributed by atoms with Crippen molar-refractivity contribution in [1.29, 1.82) is 0 Å². The van der Waals surface area contributed by atoms with E-state index in [1.54, 1.807) is 12.1 Å². The second kappa shape index (κ2) is 11.7. The van der Waals surface area contributed by atoms with E-state index in [9.17, 15) is 9.59 Å². The number of anilines is 2. The molecule has 0 aliphatic heterocycles. The lowest BCUT2D eigenvalue weighted by molar-refractivity contribution is 0.0951. The first-order chi connectivity index (χ1) is 14.8. The molecule has 0 fully saturated rings. The third-order valence-corrected chi connectivity index (χ3v) is 4.44. The summed E-state index contributed by atoms with van der Waals surface area (Å²) in [5.41, 5.74) is 23.7. The fourth-order valence-electron chi connectivity index (χ4n) is 2.57. The van der Waals surface area contributed by atoms with Crippen LogP contribution in [0.5, 0.6) is 0 Å². The van der Waals surface area contributed by atoms with E-state index in [0.717, 1.165) is 24.8 Å². The maximum atomic E-state index is 12.2. The molecule has 0 saturated heterocycles. The van der Waals surface area contributed by atoms with E-state index in [1.807, 2.05) is 12.1 Å². The number of nitrogen functional groups attached to an aromatic ring is 2. The Morgan fingerprint density at radius 3 is 2.42 bits per heavy atom. The van der Waals surface area contributed by atoms with Crippen molar-refractivity contribution in [3.8, 4) is 0 Å². The number of amides is 2. The van der Waals surface area contributed by atoms with Gasteiger partial charge in [-0.15, -0.1) is 0 Å². The van der Waals surface area contributed by atoms with E-state index in [2.05, 4.69) is 25.6 Å². The number of carbonyl (C=O) groups excluding carboxylic acids is 2. The van der Waals surface area contributed by atoms with Crippen molar-refractivity contribution in [1.82, 2.24) is 20.6 Å². The third kappa shape index (κ3) is 7.39. The number of rotatable bonds is 9. The number of aromatic nitrogens is 2. The molecule has 0 aliphatic rings. The lowest BCUT2D eigenvalue weighted by Crippen LogP contribution is -2.38. The zero-order valence-electron chi connectivity index (χ0n) is 16.9. The molecule has 0 aliphatic carbocycles. The molecular formula is C19H26ClN9O2. The van der Waals surface area contributed by atoms with Crippen molar-refractivity contribution >= 4 is 41.0 Å². The van der Waals surface area contributed by atoms with Crippen molar-refractivity contribution in [2.45, 2.75) is 19.3 Å². The molecule has 12 heteroatoms. The van der Waals surface area contributed by atoms with E-state index in [-0.39, 0.29) is 34.3 Å². The third-order valence-electron chi connectivity index (χ3n) is 4.16. The van der Waals surface area contributed by atoms with Crippen LogP contribution in [0.3, 0.4) is 0 Å². The highest BCUT2D eigenvalue weighted by Crippen LogP contribution is 2.17. The van der Waals surface area contributed by atoms with Crippen molar-refractivity contribution < 1.29 is 9.59 Å². The number of benzene rings is 1. The summed E-state index contributed by atoms with van der Waals surface area (Å²) in [5, 5.41) is 4.98. The minimum atomic E-state index is -0.677. The van der Waals surface area contributed by atoms with Gasteiger partial charge in [0.25, 0.3) is 11.8 Å². The van der Waals surface area contributed by atoms with Gasteiger partial charge in [-0.3, -0.25) is 19.9 Å². The van der Waals surface area contributed by atoms with Crippen LogP contribution in [-0.2, 0) is 6.42 Å². The molecule has 10 N–H and O–H groups in total. The summed E-state index contributed by atoms with van der Waals surface area (Å²) >= 11 is 5.76. The molecule has 0 spiro atoms. The Hall–Kier alpha value is -3.44. The zero-order valence-corrected chi connectivity index (χ0v) is 17.7. The Labute approximate surface area is 184 Å². The number of hydrogen-bond donors (Lipinski definition) is 6. The predicted molar refractivity (Wildman–Crippen MR) is 121 cm³/mol.